The molecule has 5 heteroatoms. The smallest absolute Gasteiger partial charge is 0.339 e. The van der Waals surface area contributed by atoms with Gasteiger partial charge in [-0.15, -0.1) is 0 Å². The summed E-state index contributed by atoms with van der Waals surface area (Å²) in [6.45, 7) is 2.16. The summed E-state index contributed by atoms with van der Waals surface area (Å²) in [5.41, 5.74) is 1.98. The molecular formula is C15H12BrClO3. The van der Waals surface area contributed by atoms with Crippen molar-refractivity contribution in [3.8, 4) is 5.75 Å². The van der Waals surface area contributed by atoms with Gasteiger partial charge in [-0.3, -0.25) is 0 Å². The van der Waals surface area contributed by atoms with Crippen molar-refractivity contribution in [2.75, 3.05) is 0 Å². The number of hydrogen-bond donors (Lipinski definition) is 1. The van der Waals surface area contributed by atoms with Gasteiger partial charge in [-0.25, -0.2) is 4.79 Å². The van der Waals surface area contributed by atoms with Crippen LogP contribution in [0.1, 0.15) is 21.5 Å². The minimum Gasteiger partial charge on any atom is -0.487 e. The zero-order valence-corrected chi connectivity index (χ0v) is 13.0. The van der Waals surface area contributed by atoms with Crippen LogP contribution in [0.3, 0.4) is 0 Å². The van der Waals surface area contributed by atoms with Crippen molar-refractivity contribution in [1.82, 2.24) is 0 Å². The molecule has 2 rings (SSSR count). The van der Waals surface area contributed by atoms with E-state index in [1.165, 1.54) is 6.07 Å². The fraction of sp³-hybridized carbons (Fsp3) is 0.133. The molecule has 0 spiro atoms. The summed E-state index contributed by atoms with van der Waals surface area (Å²) in [4.78, 5) is 11.2. The molecule has 2 aromatic rings. The average molecular weight is 356 g/mol. The van der Waals surface area contributed by atoms with Crippen molar-refractivity contribution in [3.05, 3.63) is 62.6 Å². The molecule has 0 bridgehead atoms. The van der Waals surface area contributed by atoms with E-state index in [0.29, 0.717) is 15.2 Å². The first-order valence-electron chi connectivity index (χ1n) is 5.88. The number of aromatic carboxylic acids is 1. The Labute approximate surface area is 130 Å². The summed E-state index contributed by atoms with van der Waals surface area (Å²) in [6.07, 6.45) is 0. The molecule has 0 saturated carbocycles. The highest BCUT2D eigenvalue weighted by atomic mass is 79.9. The van der Waals surface area contributed by atoms with Crippen LogP contribution in [0.25, 0.3) is 0 Å². The first-order chi connectivity index (χ1) is 9.49. The number of ether oxygens (including phenoxy) is 1. The molecule has 3 nitrogen and oxygen atoms in total. The van der Waals surface area contributed by atoms with Crippen molar-refractivity contribution in [1.29, 1.82) is 0 Å². The van der Waals surface area contributed by atoms with E-state index in [1.807, 2.05) is 25.1 Å². The molecule has 0 radical (unpaired) electrons. The number of carbonyl (C=O) groups is 1. The van der Waals surface area contributed by atoms with Crippen molar-refractivity contribution >= 4 is 33.5 Å². The highest BCUT2D eigenvalue weighted by Gasteiger charge is 2.14. The Bertz CT molecular complexity index is 656. The molecule has 1 N–H and O–H groups in total. The predicted octanol–water partition coefficient (Wildman–Crippen LogP) is 4.69. The van der Waals surface area contributed by atoms with Crippen LogP contribution in [0.4, 0.5) is 0 Å². The zero-order chi connectivity index (χ0) is 14.7. The zero-order valence-electron chi connectivity index (χ0n) is 10.7. The van der Waals surface area contributed by atoms with Crippen LogP contribution in [0.2, 0.25) is 5.02 Å². The summed E-state index contributed by atoms with van der Waals surface area (Å²) >= 11 is 9.43. The maximum Gasteiger partial charge on any atom is 0.339 e. The van der Waals surface area contributed by atoms with E-state index >= 15 is 0 Å². The summed E-state index contributed by atoms with van der Waals surface area (Å²) in [6, 6.07) is 10.5. The van der Waals surface area contributed by atoms with Gasteiger partial charge in [0.05, 0.1) is 4.47 Å². The number of carboxylic acid groups (broad SMARTS) is 1. The molecule has 0 amide bonds. The predicted molar refractivity (Wildman–Crippen MR) is 81.6 cm³/mol. The van der Waals surface area contributed by atoms with Gasteiger partial charge in [0.25, 0.3) is 0 Å². The monoisotopic (exact) mass is 354 g/mol. The number of halogens is 2. The normalized spacial score (nSPS) is 10.3. The number of rotatable bonds is 4. The highest BCUT2D eigenvalue weighted by molar-refractivity contribution is 9.10. The minimum atomic E-state index is -1.03. The number of benzene rings is 2. The van der Waals surface area contributed by atoms with Crippen LogP contribution in [0, 0.1) is 6.92 Å². The first-order valence-corrected chi connectivity index (χ1v) is 7.06. The average Bonchev–Trinajstić information content (AvgIpc) is 2.38. The molecule has 20 heavy (non-hydrogen) atoms. The Morgan fingerprint density at radius 3 is 2.75 bits per heavy atom. The Morgan fingerprint density at radius 2 is 2.10 bits per heavy atom. The van der Waals surface area contributed by atoms with E-state index in [0.717, 1.165) is 11.1 Å². The van der Waals surface area contributed by atoms with Crippen LogP contribution in [-0.2, 0) is 6.61 Å². The third-order valence-electron chi connectivity index (χ3n) is 2.78. The largest absolute Gasteiger partial charge is 0.487 e. The van der Waals surface area contributed by atoms with Crippen molar-refractivity contribution in [2.24, 2.45) is 0 Å². The van der Waals surface area contributed by atoms with Crippen LogP contribution >= 0.6 is 27.5 Å². The van der Waals surface area contributed by atoms with Crippen LogP contribution < -0.4 is 4.74 Å². The Morgan fingerprint density at radius 1 is 1.35 bits per heavy atom. The number of carboxylic acids is 1. The summed E-state index contributed by atoms with van der Waals surface area (Å²) in [5, 5.41) is 9.76. The Kier molecular flexibility index (Phi) is 4.68. The maximum atomic E-state index is 11.2. The molecule has 2 aromatic carbocycles. The molecule has 0 heterocycles. The Hall–Kier alpha value is -1.52. The van der Waals surface area contributed by atoms with E-state index in [1.54, 1.807) is 12.1 Å². The van der Waals surface area contributed by atoms with Gasteiger partial charge in [0.1, 0.15) is 17.9 Å². The number of para-hydroxylation sites is 1. The first kappa shape index (κ1) is 14.9. The minimum absolute atomic E-state index is 0.114. The molecule has 0 aromatic heterocycles. The van der Waals surface area contributed by atoms with Crippen LogP contribution in [0.15, 0.2) is 40.9 Å². The van der Waals surface area contributed by atoms with E-state index in [-0.39, 0.29) is 12.2 Å². The molecule has 104 valence electrons. The molecule has 0 unspecified atom stereocenters. The van der Waals surface area contributed by atoms with E-state index in [9.17, 15) is 4.79 Å². The topological polar surface area (TPSA) is 46.5 Å². The molecular weight excluding hydrogens is 344 g/mol. The second-order valence-corrected chi connectivity index (χ2v) is 5.57. The lowest BCUT2D eigenvalue weighted by Gasteiger charge is -2.12. The lowest BCUT2D eigenvalue weighted by Crippen LogP contribution is -2.04. The number of aryl methyl sites for hydroxylation is 1. The standard InChI is InChI=1S/C15H12BrClO3/c1-9-5-6-10(13(17)7-9)8-20-14-11(15(18)19)3-2-4-12(14)16/h2-7H,8H2,1H3,(H,18,19). The van der Waals surface area contributed by atoms with Gasteiger partial charge in [0, 0.05) is 10.6 Å². The second kappa shape index (κ2) is 6.29. The van der Waals surface area contributed by atoms with E-state index < -0.39 is 5.97 Å². The highest BCUT2D eigenvalue weighted by Crippen LogP contribution is 2.30. The molecule has 0 saturated heterocycles. The van der Waals surface area contributed by atoms with Crippen LogP contribution in [-0.4, -0.2) is 11.1 Å². The van der Waals surface area contributed by atoms with Gasteiger partial charge in [0.15, 0.2) is 0 Å². The lowest BCUT2D eigenvalue weighted by atomic mass is 10.1. The Balaban J connectivity index is 2.25. The fourth-order valence-corrected chi connectivity index (χ4v) is 2.51. The fourth-order valence-electron chi connectivity index (χ4n) is 1.74. The third kappa shape index (κ3) is 3.32. The number of hydrogen-bond acceptors (Lipinski definition) is 2. The van der Waals surface area contributed by atoms with Crippen molar-refractivity contribution < 1.29 is 14.6 Å². The quantitative estimate of drug-likeness (QED) is 0.865. The van der Waals surface area contributed by atoms with Crippen molar-refractivity contribution in [2.45, 2.75) is 13.5 Å². The molecule has 0 aliphatic rings. The molecule has 0 fully saturated rings. The van der Waals surface area contributed by atoms with Crippen LogP contribution in [0.5, 0.6) is 5.75 Å². The van der Waals surface area contributed by atoms with Gasteiger partial charge >= 0.3 is 5.97 Å². The summed E-state index contributed by atoms with van der Waals surface area (Å²) in [7, 11) is 0. The second-order valence-electron chi connectivity index (χ2n) is 4.31. The van der Waals surface area contributed by atoms with Gasteiger partial charge in [-0.2, -0.15) is 0 Å². The SMILES string of the molecule is Cc1ccc(COc2c(Br)cccc2C(=O)O)c(Cl)c1. The lowest BCUT2D eigenvalue weighted by molar-refractivity contribution is 0.0691. The third-order valence-corrected chi connectivity index (χ3v) is 3.75. The summed E-state index contributed by atoms with van der Waals surface area (Å²) < 4.78 is 6.22. The molecule has 0 aliphatic heterocycles. The van der Waals surface area contributed by atoms with Crippen molar-refractivity contribution in [3.63, 3.8) is 0 Å². The van der Waals surface area contributed by atoms with Gasteiger partial charge in [-0.05, 0) is 46.6 Å². The molecule has 0 atom stereocenters. The molecule has 0 aliphatic carbocycles. The van der Waals surface area contributed by atoms with Gasteiger partial charge < -0.3 is 9.84 Å². The van der Waals surface area contributed by atoms with E-state index in [4.69, 9.17) is 21.4 Å². The van der Waals surface area contributed by atoms with Gasteiger partial charge in [-0.1, -0.05) is 29.8 Å². The van der Waals surface area contributed by atoms with E-state index in [2.05, 4.69) is 15.9 Å². The van der Waals surface area contributed by atoms with Gasteiger partial charge in [0.2, 0.25) is 0 Å². The summed E-state index contributed by atoms with van der Waals surface area (Å²) in [5.74, 6) is -0.729. The maximum absolute atomic E-state index is 11.2.